The van der Waals surface area contributed by atoms with E-state index >= 15 is 0 Å². The fourth-order valence-electron chi connectivity index (χ4n) is 2.37. The lowest BCUT2D eigenvalue weighted by Crippen LogP contribution is -2.48. The highest BCUT2D eigenvalue weighted by atomic mass is 16.6. The molecule has 0 radical (unpaired) electrons. The maximum absolute atomic E-state index is 11.7. The van der Waals surface area contributed by atoms with Crippen molar-refractivity contribution in [1.82, 2.24) is 4.90 Å². The molecule has 1 unspecified atom stereocenters. The summed E-state index contributed by atoms with van der Waals surface area (Å²) in [5.74, 6) is -0.686. The van der Waals surface area contributed by atoms with Crippen LogP contribution in [0.1, 0.15) is 26.7 Å². The van der Waals surface area contributed by atoms with E-state index in [0.29, 0.717) is 19.5 Å². The van der Waals surface area contributed by atoms with Crippen molar-refractivity contribution in [2.24, 2.45) is 11.3 Å². The topological polar surface area (TPSA) is 66.8 Å². The van der Waals surface area contributed by atoms with Crippen molar-refractivity contribution in [2.75, 3.05) is 19.7 Å². The number of likely N-dealkylation sites (tertiary alicyclic amines) is 1. The highest BCUT2D eigenvalue weighted by Crippen LogP contribution is 2.37. The van der Waals surface area contributed by atoms with Crippen LogP contribution in [0.15, 0.2) is 12.7 Å². The number of carboxylic acids is 1. The first-order valence-corrected chi connectivity index (χ1v) is 6.11. The highest BCUT2D eigenvalue weighted by Gasteiger charge is 2.38. The zero-order valence-electron chi connectivity index (χ0n) is 11.0. The van der Waals surface area contributed by atoms with Crippen molar-refractivity contribution < 1.29 is 19.4 Å². The Morgan fingerprint density at radius 2 is 2.22 bits per heavy atom. The van der Waals surface area contributed by atoms with Gasteiger partial charge in [-0.3, -0.25) is 4.79 Å². The quantitative estimate of drug-likeness (QED) is 0.781. The van der Waals surface area contributed by atoms with Crippen LogP contribution in [0.2, 0.25) is 0 Å². The molecular weight excluding hydrogens is 234 g/mol. The zero-order valence-corrected chi connectivity index (χ0v) is 11.0. The molecule has 18 heavy (non-hydrogen) atoms. The molecule has 1 heterocycles. The Morgan fingerprint density at radius 1 is 1.56 bits per heavy atom. The average molecular weight is 255 g/mol. The molecule has 5 nitrogen and oxygen atoms in total. The molecule has 1 fully saturated rings. The van der Waals surface area contributed by atoms with Gasteiger partial charge in [-0.2, -0.15) is 0 Å². The molecule has 0 saturated carbocycles. The van der Waals surface area contributed by atoms with Crippen LogP contribution in [-0.4, -0.2) is 41.8 Å². The van der Waals surface area contributed by atoms with Gasteiger partial charge >= 0.3 is 12.1 Å². The summed E-state index contributed by atoms with van der Waals surface area (Å²) in [6, 6.07) is 0. The number of aliphatic carboxylic acids is 1. The Morgan fingerprint density at radius 3 is 2.72 bits per heavy atom. The molecule has 5 heteroatoms. The molecule has 0 bridgehead atoms. The normalized spacial score (nSPS) is 22.3. The summed E-state index contributed by atoms with van der Waals surface area (Å²) in [5, 5.41) is 8.87. The Bertz CT molecular complexity index is 338. The zero-order chi connectivity index (χ0) is 13.8. The van der Waals surface area contributed by atoms with Gasteiger partial charge in [0.25, 0.3) is 0 Å². The largest absolute Gasteiger partial charge is 0.481 e. The molecule has 0 aromatic rings. The lowest BCUT2D eigenvalue weighted by molar-refractivity contribution is -0.139. The predicted octanol–water partition coefficient (Wildman–Crippen LogP) is 2.13. The van der Waals surface area contributed by atoms with Crippen LogP contribution in [0.5, 0.6) is 0 Å². The number of piperidine rings is 1. The van der Waals surface area contributed by atoms with Crippen LogP contribution in [0.3, 0.4) is 0 Å². The molecule has 1 N–H and O–H groups in total. The van der Waals surface area contributed by atoms with Gasteiger partial charge in [-0.25, -0.2) is 4.79 Å². The molecule has 0 aromatic carbocycles. The van der Waals surface area contributed by atoms with Gasteiger partial charge in [0.2, 0.25) is 0 Å². The molecule has 0 aliphatic carbocycles. The molecule has 0 aromatic heterocycles. The fraction of sp³-hybridized carbons (Fsp3) is 0.692. The molecule has 102 valence electrons. The van der Waals surface area contributed by atoms with Crippen LogP contribution in [0.4, 0.5) is 4.79 Å². The molecule has 1 aliphatic heterocycles. The molecule has 1 rings (SSSR count). The number of carbonyl (C=O) groups is 2. The van der Waals surface area contributed by atoms with Gasteiger partial charge in [0.1, 0.15) is 6.61 Å². The Kier molecular flexibility index (Phi) is 4.76. The first kappa shape index (κ1) is 14.5. The number of nitrogens with zero attached hydrogens (tertiary/aromatic N) is 1. The first-order valence-electron chi connectivity index (χ1n) is 6.11. The van der Waals surface area contributed by atoms with E-state index in [1.54, 1.807) is 4.90 Å². The third-order valence-electron chi connectivity index (χ3n) is 3.45. The summed E-state index contributed by atoms with van der Waals surface area (Å²) in [6.07, 6.45) is 2.03. The number of carboxylic acid groups (broad SMARTS) is 1. The second-order valence-corrected chi connectivity index (χ2v) is 5.36. The average Bonchev–Trinajstić information content (AvgIpc) is 2.27. The highest BCUT2D eigenvalue weighted by molar-refractivity contribution is 5.69. The number of ether oxygens (including phenoxy) is 1. The lowest BCUT2D eigenvalue weighted by atomic mass is 9.72. The van der Waals surface area contributed by atoms with E-state index in [2.05, 4.69) is 6.58 Å². The first-order chi connectivity index (χ1) is 8.36. The van der Waals surface area contributed by atoms with Gasteiger partial charge < -0.3 is 14.7 Å². The SMILES string of the molecule is C=CCOC(=O)N1CCC(CC(=O)O)C(C)(C)C1. The van der Waals surface area contributed by atoms with Crippen molar-refractivity contribution in [2.45, 2.75) is 26.7 Å². The van der Waals surface area contributed by atoms with Crippen LogP contribution in [0, 0.1) is 11.3 Å². The standard InChI is InChI=1S/C13H21NO4/c1-4-7-18-12(17)14-6-5-10(8-11(15)16)13(2,3)9-14/h4,10H,1,5-9H2,2-3H3,(H,15,16). The third kappa shape index (κ3) is 3.75. The van der Waals surface area contributed by atoms with E-state index < -0.39 is 5.97 Å². The van der Waals surface area contributed by atoms with Crippen molar-refractivity contribution in [3.8, 4) is 0 Å². The van der Waals surface area contributed by atoms with E-state index in [1.807, 2.05) is 13.8 Å². The number of hydrogen-bond acceptors (Lipinski definition) is 3. The van der Waals surface area contributed by atoms with E-state index in [0.717, 1.165) is 0 Å². The molecule has 1 aliphatic rings. The van der Waals surface area contributed by atoms with Crippen molar-refractivity contribution in [3.63, 3.8) is 0 Å². The maximum atomic E-state index is 11.7. The predicted molar refractivity (Wildman–Crippen MR) is 67.3 cm³/mol. The van der Waals surface area contributed by atoms with E-state index in [4.69, 9.17) is 9.84 Å². The second kappa shape index (κ2) is 5.89. The van der Waals surface area contributed by atoms with Gasteiger partial charge in [-0.15, -0.1) is 0 Å². The summed E-state index contributed by atoms with van der Waals surface area (Å²) >= 11 is 0. The Hall–Kier alpha value is -1.52. The maximum Gasteiger partial charge on any atom is 0.410 e. The van der Waals surface area contributed by atoms with Gasteiger partial charge in [0.05, 0.1) is 0 Å². The third-order valence-corrected chi connectivity index (χ3v) is 3.45. The minimum atomic E-state index is -0.782. The molecule has 1 amide bonds. The van der Waals surface area contributed by atoms with E-state index in [9.17, 15) is 9.59 Å². The number of hydrogen-bond donors (Lipinski definition) is 1. The van der Waals surface area contributed by atoms with Crippen LogP contribution in [-0.2, 0) is 9.53 Å². The molecular formula is C13H21NO4. The van der Waals surface area contributed by atoms with Gasteiger partial charge in [0, 0.05) is 19.5 Å². The number of carbonyl (C=O) groups excluding carboxylic acids is 1. The minimum Gasteiger partial charge on any atom is -0.481 e. The Balaban J connectivity index is 2.58. The monoisotopic (exact) mass is 255 g/mol. The van der Waals surface area contributed by atoms with Gasteiger partial charge in [-0.1, -0.05) is 26.5 Å². The molecule has 1 atom stereocenters. The lowest BCUT2D eigenvalue weighted by Gasteiger charge is -2.43. The number of rotatable bonds is 4. The van der Waals surface area contributed by atoms with Crippen molar-refractivity contribution in [3.05, 3.63) is 12.7 Å². The fourth-order valence-corrected chi connectivity index (χ4v) is 2.37. The summed E-state index contributed by atoms with van der Waals surface area (Å²) in [4.78, 5) is 24.1. The molecule has 1 saturated heterocycles. The van der Waals surface area contributed by atoms with Gasteiger partial charge in [0.15, 0.2) is 0 Å². The van der Waals surface area contributed by atoms with Crippen LogP contribution >= 0.6 is 0 Å². The summed E-state index contributed by atoms with van der Waals surface area (Å²) < 4.78 is 4.99. The van der Waals surface area contributed by atoms with E-state index in [1.165, 1.54) is 6.08 Å². The van der Waals surface area contributed by atoms with Crippen LogP contribution in [0.25, 0.3) is 0 Å². The molecule has 0 spiro atoms. The summed E-state index contributed by atoms with van der Waals surface area (Å²) in [6.45, 7) is 8.76. The van der Waals surface area contributed by atoms with E-state index in [-0.39, 0.29) is 30.5 Å². The number of amides is 1. The smallest absolute Gasteiger partial charge is 0.410 e. The summed E-state index contributed by atoms with van der Waals surface area (Å²) in [7, 11) is 0. The Labute approximate surface area is 107 Å². The minimum absolute atomic E-state index is 0.0958. The summed E-state index contributed by atoms with van der Waals surface area (Å²) in [5.41, 5.74) is -0.205. The van der Waals surface area contributed by atoms with Crippen molar-refractivity contribution in [1.29, 1.82) is 0 Å². The van der Waals surface area contributed by atoms with Crippen molar-refractivity contribution >= 4 is 12.1 Å². The van der Waals surface area contributed by atoms with Gasteiger partial charge in [-0.05, 0) is 17.8 Å². The second-order valence-electron chi connectivity index (χ2n) is 5.36. The van der Waals surface area contributed by atoms with Crippen LogP contribution < -0.4 is 0 Å².